The Hall–Kier alpha value is -1.86. The van der Waals surface area contributed by atoms with Crippen LogP contribution in [-0.4, -0.2) is 19.5 Å². The van der Waals surface area contributed by atoms with Crippen molar-refractivity contribution in [3.05, 3.63) is 57.1 Å². The topological polar surface area (TPSA) is 83.5 Å². The Bertz CT molecular complexity index is 891. The number of halogens is 1. The minimum Gasteiger partial charge on any atom is -0.478 e. The van der Waals surface area contributed by atoms with Gasteiger partial charge in [0.25, 0.3) is 10.0 Å². The molecule has 0 bridgehead atoms. The summed E-state index contributed by atoms with van der Waals surface area (Å²) in [6.07, 6.45) is 0. The molecular weight excluding hydrogens is 382 g/mol. The second-order valence-corrected chi connectivity index (χ2v) is 7.85. The molecule has 0 saturated heterocycles. The summed E-state index contributed by atoms with van der Waals surface area (Å²) in [5, 5.41) is 9.13. The van der Waals surface area contributed by atoms with E-state index in [2.05, 4.69) is 20.7 Å². The van der Waals surface area contributed by atoms with E-state index in [1.165, 1.54) is 12.1 Å². The average molecular weight is 398 g/mol. The summed E-state index contributed by atoms with van der Waals surface area (Å²) in [6.45, 7) is 5.13. The van der Waals surface area contributed by atoms with Gasteiger partial charge in [-0.2, -0.15) is 0 Å². The third-order valence-electron chi connectivity index (χ3n) is 3.59. The van der Waals surface area contributed by atoms with Gasteiger partial charge in [0, 0.05) is 4.47 Å². The molecule has 5 nitrogen and oxygen atoms in total. The lowest BCUT2D eigenvalue weighted by Crippen LogP contribution is -2.16. The van der Waals surface area contributed by atoms with Gasteiger partial charge < -0.3 is 5.11 Å². The molecule has 0 radical (unpaired) electrons. The highest BCUT2D eigenvalue weighted by atomic mass is 79.9. The van der Waals surface area contributed by atoms with E-state index in [0.717, 1.165) is 10.0 Å². The number of hydrogen-bond donors (Lipinski definition) is 2. The van der Waals surface area contributed by atoms with E-state index in [4.69, 9.17) is 5.11 Å². The highest BCUT2D eigenvalue weighted by Gasteiger charge is 2.21. The van der Waals surface area contributed by atoms with Gasteiger partial charge in [-0.1, -0.05) is 15.9 Å². The van der Waals surface area contributed by atoms with Gasteiger partial charge >= 0.3 is 5.97 Å². The van der Waals surface area contributed by atoms with Crippen molar-refractivity contribution >= 4 is 37.6 Å². The van der Waals surface area contributed by atoms with Crippen molar-refractivity contribution in [3.8, 4) is 0 Å². The van der Waals surface area contributed by atoms with Crippen molar-refractivity contribution in [2.75, 3.05) is 4.72 Å². The van der Waals surface area contributed by atoms with Crippen molar-refractivity contribution in [3.63, 3.8) is 0 Å². The molecule has 0 spiro atoms. The van der Waals surface area contributed by atoms with Gasteiger partial charge in [-0.25, -0.2) is 13.2 Å². The average Bonchev–Trinajstić information content (AvgIpc) is 2.44. The summed E-state index contributed by atoms with van der Waals surface area (Å²) in [6, 6.07) is 7.82. The Kier molecular flexibility index (Phi) is 4.81. The molecule has 122 valence electrons. The third-order valence-corrected chi connectivity index (χ3v) is 5.57. The molecule has 0 unspecified atom stereocenters. The van der Waals surface area contributed by atoms with Gasteiger partial charge in [-0.05, 0) is 67.8 Å². The van der Waals surface area contributed by atoms with Crippen LogP contribution in [0.4, 0.5) is 5.69 Å². The zero-order valence-corrected chi connectivity index (χ0v) is 15.2. The van der Waals surface area contributed by atoms with Crippen molar-refractivity contribution in [2.45, 2.75) is 25.7 Å². The number of carboxylic acids is 1. The van der Waals surface area contributed by atoms with E-state index in [1.807, 2.05) is 0 Å². The van der Waals surface area contributed by atoms with Crippen LogP contribution in [0.5, 0.6) is 0 Å². The highest BCUT2D eigenvalue weighted by molar-refractivity contribution is 9.10. The van der Waals surface area contributed by atoms with Crippen LogP contribution >= 0.6 is 15.9 Å². The first-order valence-electron chi connectivity index (χ1n) is 6.75. The van der Waals surface area contributed by atoms with Gasteiger partial charge in [0.1, 0.15) is 0 Å². The summed E-state index contributed by atoms with van der Waals surface area (Å²) >= 11 is 3.32. The smallest absolute Gasteiger partial charge is 0.335 e. The molecule has 2 rings (SSSR count). The number of sulfonamides is 1. The molecule has 0 amide bonds. The summed E-state index contributed by atoms with van der Waals surface area (Å²) in [4.78, 5) is 11.1. The number of carbonyl (C=O) groups is 1. The van der Waals surface area contributed by atoms with Gasteiger partial charge in [-0.3, -0.25) is 4.72 Å². The number of carboxylic acid groups (broad SMARTS) is 1. The zero-order chi connectivity index (χ0) is 17.4. The van der Waals surface area contributed by atoms with Crippen molar-refractivity contribution in [1.82, 2.24) is 0 Å². The number of nitrogens with one attached hydrogen (secondary N) is 1. The first-order chi connectivity index (χ1) is 10.6. The maximum absolute atomic E-state index is 12.7. The van der Waals surface area contributed by atoms with Crippen LogP contribution < -0.4 is 4.72 Å². The minimum absolute atomic E-state index is 0.0304. The van der Waals surface area contributed by atoms with Crippen LogP contribution in [0.25, 0.3) is 0 Å². The molecule has 0 fully saturated rings. The van der Waals surface area contributed by atoms with Crippen LogP contribution in [0.15, 0.2) is 39.7 Å². The van der Waals surface area contributed by atoms with E-state index >= 15 is 0 Å². The maximum Gasteiger partial charge on any atom is 0.335 e. The summed E-state index contributed by atoms with van der Waals surface area (Å²) in [7, 11) is -3.89. The van der Waals surface area contributed by atoms with Crippen molar-refractivity contribution < 1.29 is 18.3 Å². The lowest BCUT2D eigenvalue weighted by Gasteiger charge is -2.14. The SMILES string of the molecule is Cc1cc(Br)ccc1NS(=O)(=O)c1cc(C(=O)O)cc(C)c1C. The summed E-state index contributed by atoms with van der Waals surface area (Å²) in [5.74, 6) is -1.16. The molecule has 2 aromatic rings. The molecule has 0 atom stereocenters. The van der Waals surface area contributed by atoms with Crippen LogP contribution in [0.2, 0.25) is 0 Å². The molecule has 7 heteroatoms. The Morgan fingerprint density at radius 1 is 1.09 bits per heavy atom. The normalized spacial score (nSPS) is 11.3. The first-order valence-corrected chi connectivity index (χ1v) is 9.03. The fourth-order valence-electron chi connectivity index (χ4n) is 2.17. The number of anilines is 1. The highest BCUT2D eigenvalue weighted by Crippen LogP contribution is 2.26. The van der Waals surface area contributed by atoms with Crippen molar-refractivity contribution in [1.29, 1.82) is 0 Å². The van der Waals surface area contributed by atoms with Gasteiger partial charge in [0.15, 0.2) is 0 Å². The Balaban J connectivity index is 2.53. The number of hydrogen-bond acceptors (Lipinski definition) is 3. The lowest BCUT2D eigenvalue weighted by molar-refractivity contribution is 0.0696. The van der Waals surface area contributed by atoms with E-state index in [9.17, 15) is 13.2 Å². The number of benzene rings is 2. The van der Waals surface area contributed by atoms with Gasteiger partial charge in [0.05, 0.1) is 16.1 Å². The molecule has 2 N–H and O–H groups in total. The molecule has 0 aliphatic rings. The fourth-order valence-corrected chi connectivity index (χ4v) is 4.12. The quantitative estimate of drug-likeness (QED) is 0.819. The van der Waals surface area contributed by atoms with Gasteiger partial charge in [-0.15, -0.1) is 0 Å². The van der Waals surface area contributed by atoms with Crippen LogP contribution in [0.3, 0.4) is 0 Å². The molecular formula is C16H16BrNO4S. The number of rotatable bonds is 4. The third kappa shape index (κ3) is 3.73. The summed E-state index contributed by atoms with van der Waals surface area (Å²) in [5.41, 5.74) is 2.29. The van der Waals surface area contributed by atoms with Crippen molar-refractivity contribution in [2.24, 2.45) is 0 Å². The van der Waals surface area contributed by atoms with E-state index in [-0.39, 0.29) is 10.5 Å². The number of aryl methyl sites for hydroxylation is 2. The Morgan fingerprint density at radius 2 is 1.74 bits per heavy atom. The minimum atomic E-state index is -3.89. The van der Waals surface area contributed by atoms with Crippen LogP contribution in [-0.2, 0) is 10.0 Å². The standard InChI is InChI=1S/C16H16BrNO4S/c1-9-6-12(16(19)20)8-15(11(9)3)23(21,22)18-14-5-4-13(17)7-10(14)2/h4-8,18H,1-3H3,(H,19,20). The lowest BCUT2D eigenvalue weighted by atomic mass is 10.1. The predicted octanol–water partition coefficient (Wildman–Crippen LogP) is 3.87. The number of aromatic carboxylic acids is 1. The molecule has 23 heavy (non-hydrogen) atoms. The predicted molar refractivity (Wildman–Crippen MR) is 92.6 cm³/mol. The zero-order valence-electron chi connectivity index (χ0n) is 12.8. The first kappa shape index (κ1) is 17.5. The largest absolute Gasteiger partial charge is 0.478 e. The maximum atomic E-state index is 12.7. The monoisotopic (exact) mass is 397 g/mol. The molecule has 0 aliphatic carbocycles. The van der Waals surface area contributed by atoms with E-state index < -0.39 is 16.0 Å². The Labute approximate surface area is 143 Å². The van der Waals surface area contributed by atoms with Gasteiger partial charge in [0.2, 0.25) is 0 Å². The molecule has 0 aliphatic heterocycles. The molecule has 2 aromatic carbocycles. The van der Waals surface area contributed by atoms with E-state index in [1.54, 1.807) is 39.0 Å². The van der Waals surface area contributed by atoms with Crippen LogP contribution in [0, 0.1) is 20.8 Å². The fraction of sp³-hybridized carbons (Fsp3) is 0.188. The second kappa shape index (κ2) is 6.33. The molecule has 0 heterocycles. The Morgan fingerprint density at radius 3 is 2.30 bits per heavy atom. The second-order valence-electron chi connectivity index (χ2n) is 5.29. The van der Waals surface area contributed by atoms with Crippen LogP contribution in [0.1, 0.15) is 27.0 Å². The van der Waals surface area contributed by atoms with E-state index in [0.29, 0.717) is 16.8 Å². The summed E-state index contributed by atoms with van der Waals surface area (Å²) < 4.78 is 28.7. The molecule has 0 aromatic heterocycles. The molecule has 0 saturated carbocycles.